The van der Waals surface area contributed by atoms with E-state index >= 15 is 0 Å². The van der Waals surface area contributed by atoms with E-state index in [0.29, 0.717) is 0 Å². The summed E-state index contributed by atoms with van der Waals surface area (Å²) in [5, 5.41) is 2.64. The second-order valence-electron chi connectivity index (χ2n) is 4.75. The van der Waals surface area contributed by atoms with Crippen molar-refractivity contribution in [2.24, 2.45) is 0 Å². The van der Waals surface area contributed by atoms with Crippen molar-refractivity contribution in [3.8, 4) is 0 Å². The third kappa shape index (κ3) is 2.05. The molecule has 2 aromatic carbocycles. The maximum atomic E-state index is 2.34. The van der Waals surface area contributed by atoms with Crippen LogP contribution in [0.1, 0.15) is 12.5 Å². The maximum absolute atomic E-state index is 2.34. The van der Waals surface area contributed by atoms with Crippen molar-refractivity contribution >= 4 is 23.6 Å². The molecule has 0 fully saturated rings. The van der Waals surface area contributed by atoms with Crippen LogP contribution in [0.4, 0.5) is 0 Å². The molecule has 0 radical (unpaired) electrons. The van der Waals surface area contributed by atoms with Gasteiger partial charge in [-0.1, -0.05) is 54.4 Å². The molecular weight excluding hydrogens is 203 g/mol. The Morgan fingerprint density at radius 3 is 2.65 bits per heavy atom. The molecule has 2 aromatic rings. The number of rotatable bonds is 1. The Hall–Kier alpha value is -1.76. The fraction of sp³-hybridized carbons (Fsp3) is 0.125. The monoisotopic (exact) mass is 218 g/mol. The van der Waals surface area contributed by atoms with Crippen LogP contribution in [-0.4, -0.2) is 7.28 Å². The van der Waals surface area contributed by atoms with Gasteiger partial charge in [0.15, 0.2) is 7.28 Å². The lowest BCUT2D eigenvalue weighted by Gasteiger charge is -2.11. The van der Waals surface area contributed by atoms with Gasteiger partial charge in [-0.25, -0.2) is 0 Å². The molecule has 1 aliphatic heterocycles. The van der Waals surface area contributed by atoms with E-state index in [2.05, 4.69) is 61.4 Å². The van der Waals surface area contributed by atoms with Crippen molar-refractivity contribution < 1.29 is 0 Å². The zero-order valence-electron chi connectivity index (χ0n) is 10.1. The summed E-state index contributed by atoms with van der Waals surface area (Å²) in [6.45, 7) is 2.22. The molecule has 0 aliphatic carbocycles. The second kappa shape index (κ2) is 4.25. The maximum Gasteiger partial charge on any atom is 0.152 e. The van der Waals surface area contributed by atoms with E-state index in [-0.39, 0.29) is 0 Å². The lowest BCUT2D eigenvalue weighted by molar-refractivity contribution is 1.36. The van der Waals surface area contributed by atoms with Crippen molar-refractivity contribution in [3.63, 3.8) is 0 Å². The minimum absolute atomic E-state index is 1.17. The molecule has 0 atom stereocenters. The van der Waals surface area contributed by atoms with Gasteiger partial charge in [0.25, 0.3) is 0 Å². The standard InChI is InChI=1S/C16H15B/c1-12-8-16(11-17-10-12)15-7-6-13-4-2-3-5-14(13)9-15/h2-9,11,17H,10H2,1H3. The molecule has 0 nitrogen and oxygen atoms in total. The zero-order valence-corrected chi connectivity index (χ0v) is 10.1. The number of benzene rings is 2. The van der Waals surface area contributed by atoms with E-state index in [4.69, 9.17) is 0 Å². The molecule has 1 heteroatoms. The second-order valence-corrected chi connectivity index (χ2v) is 4.75. The summed E-state index contributed by atoms with van der Waals surface area (Å²) in [5.74, 6) is 2.34. The van der Waals surface area contributed by atoms with Gasteiger partial charge < -0.3 is 0 Å². The Kier molecular flexibility index (Phi) is 2.60. The van der Waals surface area contributed by atoms with Crippen LogP contribution in [0.15, 0.2) is 60.1 Å². The highest BCUT2D eigenvalue weighted by molar-refractivity contribution is 6.45. The van der Waals surface area contributed by atoms with Gasteiger partial charge in [0, 0.05) is 0 Å². The first-order chi connectivity index (χ1) is 8.33. The molecule has 0 saturated heterocycles. The van der Waals surface area contributed by atoms with Gasteiger partial charge in [0.1, 0.15) is 0 Å². The lowest BCUT2D eigenvalue weighted by atomic mass is 9.66. The zero-order chi connectivity index (χ0) is 11.7. The normalized spacial score (nSPS) is 15.1. The van der Waals surface area contributed by atoms with E-state index in [1.807, 2.05) is 0 Å². The predicted octanol–water partition coefficient (Wildman–Crippen LogP) is 4.00. The number of hydrogen-bond acceptors (Lipinski definition) is 0. The summed E-state index contributed by atoms with van der Waals surface area (Å²) < 4.78 is 0. The van der Waals surface area contributed by atoms with Crippen LogP contribution in [0.25, 0.3) is 16.3 Å². The van der Waals surface area contributed by atoms with Crippen LogP contribution < -0.4 is 0 Å². The van der Waals surface area contributed by atoms with E-state index in [0.717, 1.165) is 0 Å². The fourth-order valence-electron chi connectivity index (χ4n) is 2.42. The number of hydrogen-bond donors (Lipinski definition) is 0. The minimum atomic E-state index is 1.17. The van der Waals surface area contributed by atoms with Crippen molar-refractivity contribution in [3.05, 3.63) is 65.7 Å². The van der Waals surface area contributed by atoms with Crippen molar-refractivity contribution in [1.82, 2.24) is 0 Å². The molecule has 1 heterocycles. The summed E-state index contributed by atoms with van der Waals surface area (Å²) in [6.07, 6.45) is 3.52. The first kappa shape index (κ1) is 10.4. The Balaban J connectivity index is 2.09. The number of allylic oxidation sites excluding steroid dienone is 3. The highest BCUT2D eigenvalue weighted by Crippen LogP contribution is 2.25. The van der Waals surface area contributed by atoms with Crippen LogP contribution in [0.5, 0.6) is 0 Å². The average molecular weight is 218 g/mol. The van der Waals surface area contributed by atoms with Crippen LogP contribution in [0, 0.1) is 0 Å². The van der Waals surface area contributed by atoms with Crippen molar-refractivity contribution in [2.45, 2.75) is 13.2 Å². The topological polar surface area (TPSA) is 0 Å². The summed E-state index contributed by atoms with van der Waals surface area (Å²) in [5.41, 5.74) is 4.19. The highest BCUT2D eigenvalue weighted by Gasteiger charge is 2.05. The number of fused-ring (bicyclic) bond motifs is 1. The van der Waals surface area contributed by atoms with E-state index in [1.54, 1.807) is 0 Å². The first-order valence-electron chi connectivity index (χ1n) is 6.19. The molecule has 0 amide bonds. The molecular formula is C16H15B. The van der Waals surface area contributed by atoms with E-state index in [1.165, 1.54) is 41.1 Å². The van der Waals surface area contributed by atoms with E-state index < -0.39 is 0 Å². The van der Waals surface area contributed by atoms with E-state index in [9.17, 15) is 0 Å². The molecule has 82 valence electrons. The fourth-order valence-corrected chi connectivity index (χ4v) is 2.42. The Morgan fingerprint density at radius 1 is 1.00 bits per heavy atom. The third-order valence-corrected chi connectivity index (χ3v) is 3.39. The van der Waals surface area contributed by atoms with Crippen LogP contribution in [0.3, 0.4) is 0 Å². The molecule has 0 spiro atoms. The summed E-state index contributed by atoms with van der Waals surface area (Å²) in [6, 6.07) is 15.3. The van der Waals surface area contributed by atoms with Crippen LogP contribution in [0.2, 0.25) is 6.32 Å². The summed E-state index contributed by atoms with van der Waals surface area (Å²) in [7, 11) is 1.17. The Bertz CT molecular complexity index is 620. The first-order valence-corrected chi connectivity index (χ1v) is 6.19. The van der Waals surface area contributed by atoms with Crippen LogP contribution >= 0.6 is 0 Å². The molecule has 3 rings (SSSR count). The SMILES string of the molecule is CC1=CC(c2ccc3ccccc3c2)=CBC1. The largest absolute Gasteiger partial charge is 0.152 e. The molecule has 0 N–H and O–H groups in total. The van der Waals surface area contributed by atoms with Crippen LogP contribution in [-0.2, 0) is 0 Å². The predicted molar refractivity (Wildman–Crippen MR) is 77.6 cm³/mol. The molecule has 0 bridgehead atoms. The third-order valence-electron chi connectivity index (χ3n) is 3.39. The van der Waals surface area contributed by atoms with Gasteiger partial charge in [0.2, 0.25) is 0 Å². The van der Waals surface area contributed by atoms with Crippen molar-refractivity contribution in [1.29, 1.82) is 0 Å². The van der Waals surface area contributed by atoms with Gasteiger partial charge in [-0.15, -0.1) is 5.98 Å². The Labute approximate surface area is 103 Å². The van der Waals surface area contributed by atoms with Gasteiger partial charge in [-0.2, -0.15) is 0 Å². The summed E-state index contributed by atoms with van der Waals surface area (Å²) in [4.78, 5) is 0. The molecule has 0 unspecified atom stereocenters. The molecule has 0 aromatic heterocycles. The lowest BCUT2D eigenvalue weighted by Crippen LogP contribution is -1.96. The van der Waals surface area contributed by atoms with Gasteiger partial charge >= 0.3 is 0 Å². The molecule has 1 aliphatic rings. The van der Waals surface area contributed by atoms with Gasteiger partial charge in [-0.3, -0.25) is 0 Å². The Morgan fingerprint density at radius 2 is 1.82 bits per heavy atom. The average Bonchev–Trinajstić information content (AvgIpc) is 2.38. The molecule has 0 saturated carbocycles. The summed E-state index contributed by atoms with van der Waals surface area (Å²) >= 11 is 0. The van der Waals surface area contributed by atoms with Gasteiger partial charge in [-0.05, 0) is 34.9 Å². The smallest absolute Gasteiger partial charge is 0.111 e. The molecule has 17 heavy (non-hydrogen) atoms. The van der Waals surface area contributed by atoms with Gasteiger partial charge in [0.05, 0.1) is 0 Å². The minimum Gasteiger partial charge on any atom is -0.111 e. The highest BCUT2D eigenvalue weighted by atomic mass is 14.1. The quantitative estimate of drug-likeness (QED) is 0.634. The van der Waals surface area contributed by atoms with Crippen molar-refractivity contribution in [2.75, 3.05) is 0 Å².